The number of nitrogens with one attached hydrogen (secondary N) is 2. The normalized spacial score (nSPS) is 11.6. The molecule has 0 radical (unpaired) electrons. The Kier molecular flexibility index (Phi) is 4.15. The van der Waals surface area contributed by atoms with Crippen molar-refractivity contribution in [2.24, 2.45) is 0 Å². The Morgan fingerprint density at radius 1 is 1.20 bits per heavy atom. The van der Waals surface area contributed by atoms with Crippen molar-refractivity contribution in [2.75, 3.05) is 12.4 Å². The third-order valence-electron chi connectivity index (χ3n) is 3.03. The molecule has 0 amide bonds. The van der Waals surface area contributed by atoms with Gasteiger partial charge in [0.2, 0.25) is 10.0 Å². The molecule has 108 valence electrons. The van der Waals surface area contributed by atoms with Gasteiger partial charge in [0, 0.05) is 12.7 Å². The summed E-state index contributed by atoms with van der Waals surface area (Å²) in [4.78, 5) is 0.322. The number of furan rings is 1. The molecule has 20 heavy (non-hydrogen) atoms. The van der Waals surface area contributed by atoms with E-state index < -0.39 is 10.0 Å². The molecule has 0 aliphatic heterocycles. The molecule has 0 bridgehead atoms. The lowest BCUT2D eigenvalue weighted by Gasteiger charge is -2.13. The molecule has 5 nitrogen and oxygen atoms in total. The van der Waals surface area contributed by atoms with E-state index in [4.69, 9.17) is 4.42 Å². The van der Waals surface area contributed by atoms with Gasteiger partial charge >= 0.3 is 0 Å². The molecular formula is C14H18N2O3S. The summed E-state index contributed by atoms with van der Waals surface area (Å²) in [6, 6.07) is 7.08. The van der Waals surface area contributed by atoms with Crippen LogP contribution in [0.25, 0.3) is 0 Å². The Morgan fingerprint density at radius 2 is 1.85 bits per heavy atom. The fourth-order valence-electron chi connectivity index (χ4n) is 2.17. The lowest BCUT2D eigenvalue weighted by molar-refractivity contribution is 0.498. The summed E-state index contributed by atoms with van der Waals surface area (Å²) in [5.41, 5.74) is 2.31. The number of hydrogen-bond donors (Lipinski definition) is 2. The van der Waals surface area contributed by atoms with Crippen LogP contribution in [0.15, 0.2) is 39.8 Å². The van der Waals surface area contributed by atoms with Crippen molar-refractivity contribution >= 4 is 15.7 Å². The van der Waals surface area contributed by atoms with Crippen LogP contribution in [-0.4, -0.2) is 15.5 Å². The van der Waals surface area contributed by atoms with Crippen LogP contribution >= 0.6 is 0 Å². The summed E-state index contributed by atoms with van der Waals surface area (Å²) < 4.78 is 32.5. The van der Waals surface area contributed by atoms with Gasteiger partial charge in [-0.15, -0.1) is 0 Å². The first-order chi connectivity index (χ1) is 9.44. The van der Waals surface area contributed by atoms with E-state index in [0.29, 0.717) is 21.8 Å². The molecule has 1 aromatic heterocycles. The largest absolute Gasteiger partial charge is 0.468 e. The number of benzene rings is 1. The molecule has 0 unspecified atom stereocenters. The van der Waals surface area contributed by atoms with Gasteiger partial charge in [0.05, 0.1) is 17.7 Å². The van der Waals surface area contributed by atoms with Gasteiger partial charge in [-0.05, 0) is 49.2 Å². The van der Waals surface area contributed by atoms with E-state index in [-0.39, 0.29) is 6.54 Å². The molecule has 0 atom stereocenters. The summed E-state index contributed by atoms with van der Waals surface area (Å²) in [5.74, 6) is 0.579. The van der Waals surface area contributed by atoms with Crippen LogP contribution in [0.5, 0.6) is 0 Å². The van der Waals surface area contributed by atoms with Gasteiger partial charge in [-0.1, -0.05) is 0 Å². The summed E-state index contributed by atoms with van der Waals surface area (Å²) in [6.07, 6.45) is 1.52. The van der Waals surface area contributed by atoms with Gasteiger partial charge in [-0.2, -0.15) is 0 Å². The van der Waals surface area contributed by atoms with Gasteiger partial charge in [0.15, 0.2) is 0 Å². The second-order valence-corrected chi connectivity index (χ2v) is 6.30. The highest BCUT2D eigenvalue weighted by atomic mass is 32.2. The Bertz CT molecular complexity index is 668. The Balaban J connectivity index is 2.29. The van der Waals surface area contributed by atoms with Gasteiger partial charge in [-0.25, -0.2) is 13.1 Å². The summed E-state index contributed by atoms with van der Waals surface area (Å²) >= 11 is 0. The Morgan fingerprint density at radius 3 is 2.35 bits per heavy atom. The highest BCUT2D eigenvalue weighted by Gasteiger charge is 2.20. The topological polar surface area (TPSA) is 71.3 Å². The molecule has 6 heteroatoms. The fourth-order valence-corrected chi connectivity index (χ4v) is 3.61. The predicted molar refractivity (Wildman–Crippen MR) is 78.2 cm³/mol. The zero-order valence-electron chi connectivity index (χ0n) is 11.7. The second-order valence-electron chi connectivity index (χ2n) is 4.59. The van der Waals surface area contributed by atoms with Crippen molar-refractivity contribution in [2.45, 2.75) is 25.3 Å². The van der Waals surface area contributed by atoms with Crippen molar-refractivity contribution in [1.82, 2.24) is 4.72 Å². The lowest BCUT2D eigenvalue weighted by atomic mass is 10.1. The molecule has 1 heterocycles. The Hall–Kier alpha value is -1.79. The van der Waals surface area contributed by atoms with E-state index in [1.165, 1.54) is 6.26 Å². The van der Waals surface area contributed by atoms with Gasteiger partial charge in [0.25, 0.3) is 0 Å². The Labute approximate surface area is 119 Å². The van der Waals surface area contributed by atoms with E-state index in [2.05, 4.69) is 10.0 Å². The summed E-state index contributed by atoms with van der Waals surface area (Å²) in [7, 11) is -1.76. The molecule has 0 saturated carbocycles. The fraction of sp³-hybridized carbons (Fsp3) is 0.286. The van der Waals surface area contributed by atoms with Gasteiger partial charge in [-0.3, -0.25) is 0 Å². The summed E-state index contributed by atoms with van der Waals surface area (Å²) in [5, 5.41) is 3.01. The molecular weight excluding hydrogens is 276 g/mol. The van der Waals surface area contributed by atoms with Crippen LogP contribution < -0.4 is 10.0 Å². The van der Waals surface area contributed by atoms with E-state index in [0.717, 1.165) is 5.69 Å². The van der Waals surface area contributed by atoms with Crippen molar-refractivity contribution in [3.05, 3.63) is 47.4 Å². The quantitative estimate of drug-likeness (QED) is 0.888. The first-order valence-electron chi connectivity index (χ1n) is 6.25. The minimum Gasteiger partial charge on any atom is -0.468 e. The molecule has 1 aromatic carbocycles. The lowest BCUT2D eigenvalue weighted by Crippen LogP contribution is -2.24. The number of hydrogen-bond acceptors (Lipinski definition) is 4. The number of rotatable bonds is 5. The van der Waals surface area contributed by atoms with E-state index in [1.807, 2.05) is 12.1 Å². The highest BCUT2D eigenvalue weighted by Crippen LogP contribution is 2.24. The number of sulfonamides is 1. The van der Waals surface area contributed by atoms with E-state index in [9.17, 15) is 8.42 Å². The molecule has 0 fully saturated rings. The molecule has 0 aliphatic rings. The molecule has 2 N–H and O–H groups in total. The maximum atomic E-state index is 12.4. The predicted octanol–water partition coefficient (Wildman–Crippen LogP) is 2.42. The molecule has 2 rings (SSSR count). The second kappa shape index (κ2) is 5.68. The first kappa shape index (κ1) is 14.6. The highest BCUT2D eigenvalue weighted by molar-refractivity contribution is 7.89. The molecule has 2 aromatic rings. The minimum atomic E-state index is -3.56. The summed E-state index contributed by atoms with van der Waals surface area (Å²) in [6.45, 7) is 3.71. The van der Waals surface area contributed by atoms with Crippen LogP contribution in [0.4, 0.5) is 5.69 Å². The van der Waals surface area contributed by atoms with Crippen LogP contribution in [-0.2, 0) is 16.6 Å². The van der Waals surface area contributed by atoms with Crippen LogP contribution in [0.3, 0.4) is 0 Å². The standard InChI is InChI=1S/C14H18N2O3S/c1-10-7-12(15-3)8-11(2)14(10)20(17,18)16-9-13-5-4-6-19-13/h4-8,15-16H,9H2,1-3H3. The van der Waals surface area contributed by atoms with E-state index >= 15 is 0 Å². The smallest absolute Gasteiger partial charge is 0.241 e. The third kappa shape index (κ3) is 3.02. The third-order valence-corrected chi connectivity index (χ3v) is 4.74. The minimum absolute atomic E-state index is 0.141. The first-order valence-corrected chi connectivity index (χ1v) is 7.73. The molecule has 0 aliphatic carbocycles. The number of aryl methyl sites for hydroxylation is 2. The van der Waals surface area contributed by atoms with Crippen LogP contribution in [0, 0.1) is 13.8 Å². The van der Waals surface area contributed by atoms with Crippen LogP contribution in [0.2, 0.25) is 0 Å². The monoisotopic (exact) mass is 294 g/mol. The zero-order valence-corrected chi connectivity index (χ0v) is 12.5. The van der Waals surface area contributed by atoms with E-state index in [1.54, 1.807) is 33.0 Å². The van der Waals surface area contributed by atoms with Gasteiger partial charge in [0.1, 0.15) is 5.76 Å². The molecule has 0 spiro atoms. The molecule has 0 saturated heterocycles. The number of anilines is 1. The average Bonchev–Trinajstić information content (AvgIpc) is 2.88. The zero-order chi connectivity index (χ0) is 14.8. The van der Waals surface area contributed by atoms with Crippen molar-refractivity contribution < 1.29 is 12.8 Å². The van der Waals surface area contributed by atoms with Crippen LogP contribution in [0.1, 0.15) is 16.9 Å². The maximum absolute atomic E-state index is 12.4. The SMILES string of the molecule is CNc1cc(C)c(S(=O)(=O)NCc2ccco2)c(C)c1. The van der Waals surface area contributed by atoms with Crippen molar-refractivity contribution in [3.8, 4) is 0 Å². The average molecular weight is 294 g/mol. The van der Waals surface area contributed by atoms with Crippen molar-refractivity contribution in [3.63, 3.8) is 0 Å². The van der Waals surface area contributed by atoms with Gasteiger partial charge < -0.3 is 9.73 Å². The maximum Gasteiger partial charge on any atom is 0.241 e. The van der Waals surface area contributed by atoms with Crippen molar-refractivity contribution in [1.29, 1.82) is 0 Å².